The van der Waals surface area contributed by atoms with Gasteiger partial charge in [-0.1, -0.05) is 32.0 Å². The average molecular weight is 297 g/mol. The maximum Gasteiger partial charge on any atom is 0.257 e. The first kappa shape index (κ1) is 15.6. The monoisotopic (exact) mass is 297 g/mol. The van der Waals surface area contributed by atoms with Crippen molar-refractivity contribution in [3.8, 4) is 0 Å². The van der Waals surface area contributed by atoms with Gasteiger partial charge in [0.05, 0.1) is 16.9 Å². The second-order valence-electron chi connectivity index (χ2n) is 5.36. The van der Waals surface area contributed by atoms with Gasteiger partial charge in [0.15, 0.2) is 5.78 Å². The minimum Gasteiger partial charge on any atom is -0.398 e. The van der Waals surface area contributed by atoms with Crippen LogP contribution in [0.5, 0.6) is 0 Å². The number of ketones is 1. The van der Waals surface area contributed by atoms with Crippen molar-refractivity contribution in [2.45, 2.75) is 13.8 Å². The second kappa shape index (κ2) is 6.30. The number of hydrogen-bond acceptors (Lipinski definition) is 4. The Balaban J connectivity index is 2.24. The smallest absolute Gasteiger partial charge is 0.257 e. The van der Waals surface area contributed by atoms with Gasteiger partial charge in [-0.3, -0.25) is 9.59 Å². The molecule has 0 saturated heterocycles. The summed E-state index contributed by atoms with van der Waals surface area (Å²) in [5.41, 5.74) is 13.8. The topological polar surface area (TPSA) is 98.2 Å². The standard InChI is InChI=1S/C17H19N3O2/c1-10(2)16(21)11-7-8-12(14(19)9-11)17(22)20-15-6-4-3-5-13(15)18/h3-10H,18-19H2,1-2H3,(H,20,22). The van der Waals surface area contributed by atoms with E-state index in [0.29, 0.717) is 22.5 Å². The van der Waals surface area contributed by atoms with Crippen molar-refractivity contribution < 1.29 is 9.59 Å². The lowest BCUT2D eigenvalue weighted by Crippen LogP contribution is -2.16. The van der Waals surface area contributed by atoms with Crippen molar-refractivity contribution >= 4 is 28.8 Å². The molecule has 114 valence electrons. The van der Waals surface area contributed by atoms with Gasteiger partial charge in [-0.15, -0.1) is 0 Å². The molecule has 2 aromatic carbocycles. The number of nitrogens with two attached hydrogens (primary N) is 2. The average Bonchev–Trinajstić information content (AvgIpc) is 2.48. The van der Waals surface area contributed by atoms with E-state index in [1.807, 2.05) is 13.8 Å². The van der Waals surface area contributed by atoms with Crippen LogP contribution >= 0.6 is 0 Å². The fourth-order valence-electron chi connectivity index (χ4n) is 2.06. The zero-order chi connectivity index (χ0) is 16.3. The number of amides is 1. The first-order chi connectivity index (χ1) is 10.4. The molecule has 0 aliphatic heterocycles. The van der Waals surface area contributed by atoms with Crippen LogP contribution in [0.2, 0.25) is 0 Å². The summed E-state index contributed by atoms with van der Waals surface area (Å²) >= 11 is 0. The van der Waals surface area contributed by atoms with Crippen LogP contribution in [-0.4, -0.2) is 11.7 Å². The van der Waals surface area contributed by atoms with Crippen molar-refractivity contribution in [3.05, 3.63) is 53.6 Å². The molecule has 5 nitrogen and oxygen atoms in total. The van der Waals surface area contributed by atoms with Crippen molar-refractivity contribution in [1.82, 2.24) is 0 Å². The minimum absolute atomic E-state index is 0.00837. The summed E-state index contributed by atoms with van der Waals surface area (Å²) in [6, 6.07) is 11.7. The zero-order valence-electron chi connectivity index (χ0n) is 12.6. The summed E-state index contributed by atoms with van der Waals surface area (Å²) in [6.07, 6.45) is 0. The summed E-state index contributed by atoms with van der Waals surface area (Å²) < 4.78 is 0. The van der Waals surface area contributed by atoms with Crippen molar-refractivity contribution in [2.24, 2.45) is 5.92 Å². The van der Waals surface area contributed by atoms with E-state index in [1.165, 1.54) is 6.07 Å². The van der Waals surface area contributed by atoms with Gasteiger partial charge in [0.1, 0.15) is 0 Å². The molecule has 0 aliphatic rings. The Kier molecular flexibility index (Phi) is 4.46. The van der Waals surface area contributed by atoms with E-state index in [2.05, 4.69) is 5.32 Å². The number of carbonyl (C=O) groups is 2. The number of carbonyl (C=O) groups excluding carboxylic acids is 2. The molecule has 1 amide bonds. The predicted molar refractivity (Wildman–Crippen MR) is 88.8 cm³/mol. The highest BCUT2D eigenvalue weighted by Gasteiger charge is 2.15. The molecule has 22 heavy (non-hydrogen) atoms. The third-order valence-corrected chi connectivity index (χ3v) is 3.31. The van der Waals surface area contributed by atoms with Crippen LogP contribution in [0.4, 0.5) is 17.1 Å². The maximum atomic E-state index is 12.3. The first-order valence-electron chi connectivity index (χ1n) is 6.99. The molecule has 5 N–H and O–H groups in total. The number of benzene rings is 2. The number of rotatable bonds is 4. The Morgan fingerprint density at radius 2 is 1.68 bits per heavy atom. The molecule has 0 atom stereocenters. The van der Waals surface area contributed by atoms with E-state index >= 15 is 0 Å². The SMILES string of the molecule is CC(C)C(=O)c1ccc(C(=O)Nc2ccccc2N)c(N)c1. The highest BCUT2D eigenvalue weighted by atomic mass is 16.1. The molecule has 0 heterocycles. The van der Waals surface area contributed by atoms with Gasteiger partial charge in [-0.25, -0.2) is 0 Å². The van der Waals surface area contributed by atoms with Crippen molar-refractivity contribution in [1.29, 1.82) is 0 Å². The molecule has 0 bridgehead atoms. The normalized spacial score (nSPS) is 10.5. The van der Waals surface area contributed by atoms with E-state index < -0.39 is 0 Å². The molecule has 0 spiro atoms. The van der Waals surface area contributed by atoms with Gasteiger partial charge >= 0.3 is 0 Å². The Bertz CT molecular complexity index is 724. The van der Waals surface area contributed by atoms with Crippen LogP contribution in [0.1, 0.15) is 34.6 Å². The lowest BCUT2D eigenvalue weighted by Gasteiger charge is -2.11. The lowest BCUT2D eigenvalue weighted by molar-refractivity contribution is 0.0938. The molecule has 0 radical (unpaired) electrons. The lowest BCUT2D eigenvalue weighted by atomic mass is 9.99. The van der Waals surface area contributed by atoms with Gasteiger partial charge < -0.3 is 16.8 Å². The molecule has 0 fully saturated rings. The number of nitrogens with one attached hydrogen (secondary N) is 1. The van der Waals surface area contributed by atoms with Gasteiger partial charge in [-0.05, 0) is 24.3 Å². The highest BCUT2D eigenvalue weighted by Crippen LogP contribution is 2.21. The molecule has 0 unspecified atom stereocenters. The highest BCUT2D eigenvalue weighted by molar-refractivity contribution is 6.10. The number of para-hydroxylation sites is 2. The van der Waals surface area contributed by atoms with Crippen LogP contribution in [0.3, 0.4) is 0 Å². The largest absolute Gasteiger partial charge is 0.398 e. The zero-order valence-corrected chi connectivity index (χ0v) is 12.6. The van der Waals surface area contributed by atoms with Gasteiger partial charge in [0.25, 0.3) is 5.91 Å². The first-order valence-corrected chi connectivity index (χ1v) is 6.99. The van der Waals surface area contributed by atoms with E-state index in [0.717, 1.165) is 0 Å². The van der Waals surface area contributed by atoms with Gasteiger partial charge in [0.2, 0.25) is 0 Å². The second-order valence-corrected chi connectivity index (χ2v) is 5.36. The van der Waals surface area contributed by atoms with Gasteiger partial charge in [-0.2, -0.15) is 0 Å². The number of Topliss-reactive ketones (excluding diaryl/α,β-unsaturated/α-hetero) is 1. The molecule has 0 aliphatic carbocycles. The number of nitrogen functional groups attached to an aromatic ring is 2. The van der Waals surface area contributed by atoms with Crippen LogP contribution in [0.15, 0.2) is 42.5 Å². The van der Waals surface area contributed by atoms with Crippen molar-refractivity contribution in [2.75, 3.05) is 16.8 Å². The number of hydrogen-bond donors (Lipinski definition) is 3. The third kappa shape index (κ3) is 3.25. The molecule has 0 saturated carbocycles. The molecule has 2 aromatic rings. The Morgan fingerprint density at radius 3 is 2.27 bits per heavy atom. The molecule has 2 rings (SSSR count). The Morgan fingerprint density at radius 1 is 1.00 bits per heavy atom. The van der Waals surface area contributed by atoms with Gasteiger partial charge in [0, 0.05) is 17.2 Å². The van der Waals surface area contributed by atoms with Crippen LogP contribution in [0.25, 0.3) is 0 Å². The quantitative estimate of drug-likeness (QED) is 0.597. The molecular formula is C17H19N3O2. The molecule has 0 aromatic heterocycles. The van der Waals surface area contributed by atoms with E-state index in [-0.39, 0.29) is 23.3 Å². The summed E-state index contributed by atoms with van der Waals surface area (Å²) in [7, 11) is 0. The van der Waals surface area contributed by atoms with Crippen LogP contribution < -0.4 is 16.8 Å². The Labute approximate surface area is 129 Å². The fraction of sp³-hybridized carbons (Fsp3) is 0.176. The Hall–Kier alpha value is -2.82. The molecular weight excluding hydrogens is 278 g/mol. The maximum absolute atomic E-state index is 12.3. The fourth-order valence-corrected chi connectivity index (χ4v) is 2.06. The van der Waals surface area contributed by atoms with E-state index in [9.17, 15) is 9.59 Å². The van der Waals surface area contributed by atoms with Crippen molar-refractivity contribution in [3.63, 3.8) is 0 Å². The van der Waals surface area contributed by atoms with Crippen LogP contribution in [0, 0.1) is 5.92 Å². The molecule has 5 heteroatoms. The summed E-state index contributed by atoms with van der Waals surface area (Å²) in [4.78, 5) is 24.2. The summed E-state index contributed by atoms with van der Waals surface area (Å²) in [6.45, 7) is 3.63. The number of anilines is 3. The van der Waals surface area contributed by atoms with E-state index in [1.54, 1.807) is 36.4 Å². The summed E-state index contributed by atoms with van der Waals surface area (Å²) in [5, 5.41) is 2.71. The van der Waals surface area contributed by atoms with E-state index in [4.69, 9.17) is 11.5 Å². The predicted octanol–water partition coefficient (Wildman–Crippen LogP) is 2.94. The third-order valence-electron chi connectivity index (χ3n) is 3.31. The van der Waals surface area contributed by atoms with Crippen LogP contribution in [-0.2, 0) is 0 Å². The minimum atomic E-state index is -0.362. The summed E-state index contributed by atoms with van der Waals surface area (Å²) in [5.74, 6) is -0.492.